The highest BCUT2D eigenvalue weighted by Gasteiger charge is 2.12. The number of hydrogen-bond acceptors (Lipinski definition) is 4. The Morgan fingerprint density at radius 1 is 1.00 bits per heavy atom. The number of amides is 1. The zero-order valence-electron chi connectivity index (χ0n) is 15.0. The normalized spacial score (nSPS) is 10.8. The van der Waals surface area contributed by atoms with Crippen LogP contribution in [-0.2, 0) is 0 Å². The fourth-order valence-electron chi connectivity index (χ4n) is 3.04. The van der Waals surface area contributed by atoms with Gasteiger partial charge in [0.05, 0.1) is 11.7 Å². The first-order valence-corrected chi connectivity index (χ1v) is 8.69. The van der Waals surface area contributed by atoms with Crippen LogP contribution in [0.3, 0.4) is 0 Å². The molecule has 0 bridgehead atoms. The average Bonchev–Trinajstić information content (AvgIpc) is 3.11. The molecule has 138 valence electrons. The van der Waals surface area contributed by atoms with E-state index >= 15 is 0 Å². The molecule has 2 heterocycles. The third-order valence-corrected chi connectivity index (χ3v) is 4.42. The van der Waals surface area contributed by atoms with Gasteiger partial charge >= 0.3 is 0 Å². The molecular weight excluding hydrogens is 354 g/mol. The van der Waals surface area contributed by atoms with Crippen molar-refractivity contribution in [3.05, 3.63) is 89.7 Å². The third kappa shape index (κ3) is 3.35. The molecule has 0 aliphatic rings. The van der Waals surface area contributed by atoms with Gasteiger partial charge in [0.1, 0.15) is 5.65 Å². The maximum Gasteiger partial charge on any atom is 0.256 e. The van der Waals surface area contributed by atoms with Crippen molar-refractivity contribution in [2.24, 2.45) is 0 Å². The van der Waals surface area contributed by atoms with E-state index in [9.17, 15) is 14.7 Å². The predicted molar refractivity (Wildman–Crippen MR) is 104 cm³/mol. The Hall–Kier alpha value is -3.93. The van der Waals surface area contributed by atoms with Crippen LogP contribution in [-0.4, -0.2) is 21.3 Å². The van der Waals surface area contributed by atoms with Gasteiger partial charge in [0.2, 0.25) is 0 Å². The van der Waals surface area contributed by atoms with E-state index in [1.807, 2.05) is 48.0 Å². The quantitative estimate of drug-likeness (QED) is 0.598. The molecule has 1 N–H and O–H groups in total. The Labute approximate surface area is 161 Å². The summed E-state index contributed by atoms with van der Waals surface area (Å²) in [5.41, 5.74) is 4.03. The number of imidazole rings is 1. The van der Waals surface area contributed by atoms with Crippen LogP contribution in [0.1, 0.15) is 26.3 Å². The van der Waals surface area contributed by atoms with Crippen LogP contribution >= 0.6 is 0 Å². The number of fused-ring (bicyclic) bond motifs is 1. The minimum absolute atomic E-state index is 0.0520. The van der Waals surface area contributed by atoms with Crippen molar-refractivity contribution in [1.29, 1.82) is 0 Å². The zero-order valence-corrected chi connectivity index (χ0v) is 15.0. The van der Waals surface area contributed by atoms with Crippen molar-refractivity contribution >= 4 is 23.2 Å². The van der Waals surface area contributed by atoms with Gasteiger partial charge in [0, 0.05) is 34.8 Å². The fourth-order valence-corrected chi connectivity index (χ4v) is 3.04. The SMILES string of the molecule is Cc1ccn2cc(-c3cccc(NC(=O)c4ccccc4C(=O)[O-])c3)nc2c1. The lowest BCUT2D eigenvalue weighted by atomic mass is 10.1. The van der Waals surface area contributed by atoms with Crippen molar-refractivity contribution in [1.82, 2.24) is 9.38 Å². The first-order chi connectivity index (χ1) is 13.5. The molecule has 2 aromatic carbocycles. The van der Waals surface area contributed by atoms with Crippen molar-refractivity contribution in [2.45, 2.75) is 6.92 Å². The number of carboxylic acids is 1. The minimum atomic E-state index is -1.39. The molecule has 2 aromatic heterocycles. The Balaban J connectivity index is 1.64. The molecule has 1 amide bonds. The molecule has 0 fully saturated rings. The molecule has 28 heavy (non-hydrogen) atoms. The second-order valence-electron chi connectivity index (χ2n) is 6.46. The second kappa shape index (κ2) is 7.00. The number of nitrogens with zero attached hydrogens (tertiary/aromatic N) is 2. The van der Waals surface area contributed by atoms with Crippen LogP contribution in [0.5, 0.6) is 0 Å². The summed E-state index contributed by atoms with van der Waals surface area (Å²) in [6.07, 6.45) is 3.87. The number of nitrogens with one attached hydrogen (secondary N) is 1. The Morgan fingerprint density at radius 2 is 1.79 bits per heavy atom. The molecule has 0 saturated heterocycles. The summed E-state index contributed by atoms with van der Waals surface area (Å²) < 4.78 is 1.93. The molecule has 0 atom stereocenters. The molecule has 6 heteroatoms. The fraction of sp³-hybridized carbons (Fsp3) is 0.0455. The zero-order chi connectivity index (χ0) is 19.7. The summed E-state index contributed by atoms with van der Waals surface area (Å²) in [5.74, 6) is -1.90. The Kier molecular flexibility index (Phi) is 4.37. The van der Waals surface area contributed by atoms with E-state index < -0.39 is 11.9 Å². The lowest BCUT2D eigenvalue weighted by Crippen LogP contribution is -2.26. The molecule has 4 rings (SSSR count). The standard InChI is InChI=1S/C22H17N3O3/c1-14-9-10-25-13-19(24-20(25)11-14)15-5-4-6-16(12-15)23-21(26)17-7-2-3-8-18(17)22(27)28/h2-13H,1H3,(H,23,26)(H,27,28)/p-1. The number of aryl methyl sites for hydroxylation is 1. The maximum absolute atomic E-state index is 12.5. The first-order valence-electron chi connectivity index (χ1n) is 8.69. The van der Waals surface area contributed by atoms with E-state index in [4.69, 9.17) is 0 Å². The van der Waals surface area contributed by atoms with Gasteiger partial charge in [0.25, 0.3) is 5.91 Å². The molecule has 6 nitrogen and oxygen atoms in total. The lowest BCUT2D eigenvalue weighted by molar-refractivity contribution is -0.255. The molecule has 4 aromatic rings. The summed E-state index contributed by atoms with van der Waals surface area (Å²) in [5, 5.41) is 14.0. The van der Waals surface area contributed by atoms with Crippen molar-refractivity contribution in [3.8, 4) is 11.3 Å². The number of carbonyl (C=O) groups excluding carboxylic acids is 2. The number of rotatable bonds is 4. The van der Waals surface area contributed by atoms with Crippen LogP contribution in [0.4, 0.5) is 5.69 Å². The second-order valence-corrected chi connectivity index (χ2v) is 6.46. The van der Waals surface area contributed by atoms with Crippen LogP contribution in [0.15, 0.2) is 73.1 Å². The smallest absolute Gasteiger partial charge is 0.256 e. The van der Waals surface area contributed by atoms with Gasteiger partial charge in [-0.05, 0) is 42.8 Å². The van der Waals surface area contributed by atoms with E-state index in [0.29, 0.717) is 5.69 Å². The molecule has 0 saturated carbocycles. The minimum Gasteiger partial charge on any atom is -0.545 e. The summed E-state index contributed by atoms with van der Waals surface area (Å²) in [4.78, 5) is 28.4. The number of carboxylic acid groups (broad SMARTS) is 1. The maximum atomic E-state index is 12.5. The highest BCUT2D eigenvalue weighted by molar-refractivity contribution is 6.10. The van der Waals surface area contributed by atoms with Gasteiger partial charge < -0.3 is 19.6 Å². The average molecular weight is 370 g/mol. The van der Waals surface area contributed by atoms with Gasteiger partial charge in [-0.15, -0.1) is 0 Å². The van der Waals surface area contributed by atoms with Crippen molar-refractivity contribution in [2.75, 3.05) is 5.32 Å². The van der Waals surface area contributed by atoms with Crippen LogP contribution in [0, 0.1) is 6.92 Å². The van der Waals surface area contributed by atoms with Crippen LogP contribution in [0.25, 0.3) is 16.9 Å². The number of carbonyl (C=O) groups is 2. The van der Waals surface area contributed by atoms with Crippen molar-refractivity contribution in [3.63, 3.8) is 0 Å². The molecular formula is C22H16N3O3-. The monoisotopic (exact) mass is 370 g/mol. The Morgan fingerprint density at radius 3 is 2.57 bits per heavy atom. The molecule has 0 aliphatic carbocycles. The largest absolute Gasteiger partial charge is 0.545 e. The number of benzene rings is 2. The lowest BCUT2D eigenvalue weighted by Gasteiger charge is -2.11. The van der Waals surface area contributed by atoms with Gasteiger partial charge in [-0.1, -0.05) is 30.3 Å². The van der Waals surface area contributed by atoms with Gasteiger partial charge in [-0.3, -0.25) is 4.79 Å². The topological polar surface area (TPSA) is 86.5 Å². The molecule has 0 spiro atoms. The number of aromatic nitrogens is 2. The van der Waals surface area contributed by atoms with Crippen molar-refractivity contribution < 1.29 is 14.7 Å². The van der Waals surface area contributed by atoms with E-state index in [1.54, 1.807) is 24.3 Å². The summed E-state index contributed by atoms with van der Waals surface area (Å²) in [6.45, 7) is 2.01. The number of aromatic carboxylic acids is 1. The van der Waals surface area contributed by atoms with Gasteiger partial charge in [0.15, 0.2) is 0 Å². The predicted octanol–water partition coefficient (Wildman–Crippen LogP) is 2.93. The highest BCUT2D eigenvalue weighted by Crippen LogP contribution is 2.23. The summed E-state index contributed by atoms with van der Waals surface area (Å²) in [7, 11) is 0. The summed E-state index contributed by atoms with van der Waals surface area (Å²) >= 11 is 0. The first kappa shape index (κ1) is 17.5. The van der Waals surface area contributed by atoms with E-state index in [0.717, 1.165) is 22.5 Å². The van der Waals surface area contributed by atoms with E-state index in [2.05, 4.69) is 10.3 Å². The number of anilines is 1. The molecule has 0 aliphatic heterocycles. The van der Waals surface area contributed by atoms with E-state index in [1.165, 1.54) is 12.1 Å². The Bertz CT molecular complexity index is 1210. The highest BCUT2D eigenvalue weighted by atomic mass is 16.4. The number of hydrogen-bond donors (Lipinski definition) is 1. The number of pyridine rings is 1. The van der Waals surface area contributed by atoms with Crippen LogP contribution in [0.2, 0.25) is 0 Å². The van der Waals surface area contributed by atoms with Gasteiger partial charge in [-0.2, -0.15) is 0 Å². The summed E-state index contributed by atoms with van der Waals surface area (Å²) in [6, 6.07) is 17.2. The van der Waals surface area contributed by atoms with E-state index in [-0.39, 0.29) is 11.1 Å². The third-order valence-electron chi connectivity index (χ3n) is 4.42. The molecule has 0 radical (unpaired) electrons. The van der Waals surface area contributed by atoms with Crippen LogP contribution < -0.4 is 10.4 Å². The van der Waals surface area contributed by atoms with Gasteiger partial charge in [-0.25, -0.2) is 4.98 Å². The molecule has 0 unspecified atom stereocenters.